The zero-order valence-corrected chi connectivity index (χ0v) is 15.1. The Hall–Kier alpha value is -2.67. The van der Waals surface area contributed by atoms with Gasteiger partial charge in [-0.3, -0.25) is 9.59 Å². The number of hydrogen-bond donors (Lipinski definition) is 1. The number of amides is 2. The van der Waals surface area contributed by atoms with E-state index in [9.17, 15) is 9.59 Å². The summed E-state index contributed by atoms with van der Waals surface area (Å²) in [4.78, 5) is 32.1. The molecule has 1 fully saturated rings. The van der Waals surface area contributed by atoms with Gasteiger partial charge in [0.05, 0.1) is 23.0 Å². The first kappa shape index (κ1) is 16.8. The van der Waals surface area contributed by atoms with Crippen LogP contribution < -0.4 is 5.32 Å². The van der Waals surface area contributed by atoms with E-state index >= 15 is 0 Å². The Bertz CT molecular complexity index is 886. The normalized spacial score (nSPS) is 17.4. The lowest BCUT2D eigenvalue weighted by molar-refractivity contribution is -0.126. The predicted octanol–water partition coefficient (Wildman–Crippen LogP) is 2.56. The van der Waals surface area contributed by atoms with Crippen molar-refractivity contribution < 1.29 is 9.59 Å². The van der Waals surface area contributed by atoms with Gasteiger partial charge in [0.1, 0.15) is 5.65 Å². The third-order valence-electron chi connectivity index (χ3n) is 4.67. The quantitative estimate of drug-likeness (QED) is 0.770. The number of piperidine rings is 1. The molecule has 1 saturated heterocycles. The third-order valence-corrected chi connectivity index (χ3v) is 5.53. The maximum atomic E-state index is 12.6. The lowest BCUT2D eigenvalue weighted by atomic mass is 9.97. The molecular formula is C19H20N4O2S. The number of pyridine rings is 1. The Labute approximate surface area is 155 Å². The summed E-state index contributed by atoms with van der Waals surface area (Å²) in [5.41, 5.74) is 1.69. The van der Waals surface area contributed by atoms with E-state index < -0.39 is 0 Å². The molecule has 1 aliphatic rings. The zero-order valence-electron chi connectivity index (χ0n) is 14.3. The minimum absolute atomic E-state index is 0.00858. The predicted molar refractivity (Wildman–Crippen MR) is 100.0 cm³/mol. The third kappa shape index (κ3) is 3.48. The van der Waals surface area contributed by atoms with Crippen LogP contribution in [0.15, 0.2) is 48.1 Å². The molecule has 0 radical (unpaired) electrons. The highest BCUT2D eigenvalue weighted by Crippen LogP contribution is 2.20. The van der Waals surface area contributed by atoms with Gasteiger partial charge in [0, 0.05) is 25.5 Å². The number of carbonyl (C=O) groups is 2. The van der Waals surface area contributed by atoms with Crippen LogP contribution in [0, 0.1) is 5.92 Å². The molecule has 6 nitrogen and oxygen atoms in total. The second-order valence-corrected chi connectivity index (χ2v) is 7.43. The molecule has 2 amide bonds. The van der Waals surface area contributed by atoms with Gasteiger partial charge in [-0.2, -0.15) is 0 Å². The van der Waals surface area contributed by atoms with Gasteiger partial charge < -0.3 is 14.6 Å². The Kier molecular flexibility index (Phi) is 4.71. The maximum Gasteiger partial charge on any atom is 0.263 e. The van der Waals surface area contributed by atoms with Crippen molar-refractivity contribution in [3.05, 3.63) is 58.7 Å². The SMILES string of the molecule is O=C(NCc1cn2ccccc2n1)[C@@H]1CCCN(C(=O)c2cccs2)C1. The van der Waals surface area contributed by atoms with Gasteiger partial charge >= 0.3 is 0 Å². The van der Waals surface area contributed by atoms with Crippen molar-refractivity contribution in [3.63, 3.8) is 0 Å². The van der Waals surface area contributed by atoms with E-state index in [1.54, 1.807) is 4.90 Å². The van der Waals surface area contributed by atoms with Crippen LogP contribution in [0.2, 0.25) is 0 Å². The molecule has 4 heterocycles. The minimum atomic E-state index is -0.162. The number of hydrogen-bond acceptors (Lipinski definition) is 4. The van der Waals surface area contributed by atoms with Crippen molar-refractivity contribution in [1.82, 2.24) is 19.6 Å². The molecule has 1 aliphatic heterocycles. The largest absolute Gasteiger partial charge is 0.350 e. The molecule has 26 heavy (non-hydrogen) atoms. The highest BCUT2D eigenvalue weighted by Gasteiger charge is 2.29. The van der Waals surface area contributed by atoms with Crippen LogP contribution in [0.1, 0.15) is 28.2 Å². The van der Waals surface area contributed by atoms with Gasteiger partial charge in [-0.1, -0.05) is 12.1 Å². The highest BCUT2D eigenvalue weighted by atomic mass is 32.1. The summed E-state index contributed by atoms with van der Waals surface area (Å²) in [5, 5.41) is 4.87. The molecule has 3 aromatic rings. The van der Waals surface area contributed by atoms with E-state index in [1.807, 2.05) is 52.5 Å². The average Bonchev–Trinajstić information content (AvgIpc) is 3.35. The molecule has 0 bridgehead atoms. The zero-order chi connectivity index (χ0) is 17.9. The van der Waals surface area contributed by atoms with Gasteiger partial charge in [-0.25, -0.2) is 4.98 Å². The highest BCUT2D eigenvalue weighted by molar-refractivity contribution is 7.12. The summed E-state index contributed by atoms with van der Waals surface area (Å²) < 4.78 is 1.93. The fourth-order valence-corrected chi connectivity index (χ4v) is 4.02. The smallest absolute Gasteiger partial charge is 0.263 e. The van der Waals surface area contributed by atoms with E-state index in [-0.39, 0.29) is 17.7 Å². The Balaban J connectivity index is 1.36. The molecule has 0 spiro atoms. The van der Waals surface area contributed by atoms with Gasteiger partial charge in [-0.05, 0) is 36.4 Å². The molecule has 4 rings (SSSR count). The molecule has 0 saturated carbocycles. The van der Waals surface area contributed by atoms with Crippen molar-refractivity contribution in [2.24, 2.45) is 5.92 Å². The maximum absolute atomic E-state index is 12.6. The first-order chi connectivity index (χ1) is 12.7. The van der Waals surface area contributed by atoms with E-state index in [0.717, 1.165) is 29.1 Å². The fraction of sp³-hybridized carbons (Fsp3) is 0.316. The molecule has 0 aliphatic carbocycles. The Morgan fingerprint density at radius 3 is 3.00 bits per heavy atom. The van der Waals surface area contributed by atoms with Gasteiger partial charge in [0.25, 0.3) is 5.91 Å². The molecule has 3 aromatic heterocycles. The lowest BCUT2D eigenvalue weighted by Crippen LogP contribution is -2.45. The summed E-state index contributed by atoms with van der Waals surface area (Å²) >= 11 is 1.44. The van der Waals surface area contributed by atoms with Gasteiger partial charge in [0.15, 0.2) is 0 Å². The van der Waals surface area contributed by atoms with Crippen LogP contribution in [-0.4, -0.2) is 39.2 Å². The summed E-state index contributed by atoms with van der Waals surface area (Å²) in [6.07, 6.45) is 5.51. The van der Waals surface area contributed by atoms with Crippen molar-refractivity contribution in [2.45, 2.75) is 19.4 Å². The van der Waals surface area contributed by atoms with Crippen LogP contribution >= 0.6 is 11.3 Å². The van der Waals surface area contributed by atoms with Crippen molar-refractivity contribution in [3.8, 4) is 0 Å². The first-order valence-corrected chi connectivity index (χ1v) is 9.62. The number of rotatable bonds is 4. The second kappa shape index (κ2) is 7.29. The van der Waals surface area contributed by atoms with E-state index in [1.165, 1.54) is 11.3 Å². The van der Waals surface area contributed by atoms with Gasteiger partial charge in [0.2, 0.25) is 5.91 Å². The number of thiophene rings is 1. The number of nitrogens with zero attached hydrogens (tertiary/aromatic N) is 3. The monoisotopic (exact) mass is 368 g/mol. The number of fused-ring (bicyclic) bond motifs is 1. The van der Waals surface area contributed by atoms with Crippen LogP contribution in [0.5, 0.6) is 0 Å². The molecule has 1 atom stereocenters. The van der Waals surface area contributed by atoms with Gasteiger partial charge in [-0.15, -0.1) is 11.3 Å². The second-order valence-electron chi connectivity index (χ2n) is 6.48. The van der Waals surface area contributed by atoms with Crippen molar-refractivity contribution in [1.29, 1.82) is 0 Å². The number of aromatic nitrogens is 2. The Morgan fingerprint density at radius 1 is 1.27 bits per heavy atom. The lowest BCUT2D eigenvalue weighted by Gasteiger charge is -2.31. The molecule has 7 heteroatoms. The van der Waals surface area contributed by atoms with Crippen LogP contribution in [0.3, 0.4) is 0 Å². The van der Waals surface area contributed by atoms with Crippen LogP contribution in [-0.2, 0) is 11.3 Å². The molecule has 134 valence electrons. The summed E-state index contributed by atoms with van der Waals surface area (Å²) in [6, 6.07) is 9.52. The standard InChI is InChI=1S/C19H20N4O2S/c24-18(20-11-15-13-22-8-2-1-7-17(22)21-15)14-5-3-9-23(12-14)19(25)16-6-4-10-26-16/h1-2,4,6-8,10,13-14H,3,5,9,11-12H2,(H,20,24)/t14-/m1/s1. The average molecular weight is 368 g/mol. The summed E-state index contributed by atoms with van der Waals surface area (Å²) in [5.74, 6) is -0.145. The van der Waals surface area contributed by atoms with E-state index in [0.29, 0.717) is 19.6 Å². The van der Waals surface area contributed by atoms with E-state index in [2.05, 4.69) is 10.3 Å². The fourth-order valence-electron chi connectivity index (χ4n) is 3.33. The summed E-state index contributed by atoms with van der Waals surface area (Å²) in [7, 11) is 0. The number of imidazole rings is 1. The Morgan fingerprint density at radius 2 is 2.19 bits per heavy atom. The first-order valence-electron chi connectivity index (χ1n) is 8.74. The molecule has 1 N–H and O–H groups in total. The van der Waals surface area contributed by atoms with Crippen LogP contribution in [0.25, 0.3) is 5.65 Å². The number of likely N-dealkylation sites (tertiary alicyclic amines) is 1. The number of nitrogens with one attached hydrogen (secondary N) is 1. The van der Waals surface area contributed by atoms with Crippen LogP contribution in [0.4, 0.5) is 0 Å². The minimum Gasteiger partial charge on any atom is -0.350 e. The molecule has 0 aromatic carbocycles. The van der Waals surface area contributed by atoms with Crippen molar-refractivity contribution >= 4 is 28.8 Å². The molecule has 0 unspecified atom stereocenters. The topological polar surface area (TPSA) is 66.7 Å². The van der Waals surface area contributed by atoms with Crippen molar-refractivity contribution in [2.75, 3.05) is 13.1 Å². The number of carbonyl (C=O) groups excluding carboxylic acids is 2. The summed E-state index contributed by atoms with van der Waals surface area (Å²) in [6.45, 7) is 1.59. The van der Waals surface area contributed by atoms with E-state index in [4.69, 9.17) is 0 Å². The molecular weight excluding hydrogens is 348 g/mol.